The molecular weight excluding hydrogens is 196 g/mol. The van der Waals surface area contributed by atoms with E-state index >= 15 is 0 Å². The molecule has 0 fully saturated rings. The van der Waals surface area contributed by atoms with Crippen molar-refractivity contribution in [3.8, 4) is 0 Å². The van der Waals surface area contributed by atoms with Gasteiger partial charge in [-0.1, -0.05) is 17.8 Å². The Kier molecular flexibility index (Phi) is 3.06. The highest BCUT2D eigenvalue weighted by Crippen LogP contribution is 2.17. The SMILES string of the molecule is COCCSc1ncc2ccccn12. The second-order valence-electron chi connectivity index (χ2n) is 2.88. The quantitative estimate of drug-likeness (QED) is 0.568. The van der Waals surface area contributed by atoms with Crippen LogP contribution in [0, 0.1) is 0 Å². The van der Waals surface area contributed by atoms with E-state index in [-0.39, 0.29) is 0 Å². The number of hydrogen-bond acceptors (Lipinski definition) is 3. The monoisotopic (exact) mass is 208 g/mol. The molecule has 0 saturated heterocycles. The van der Waals surface area contributed by atoms with Crippen LogP contribution in [0.4, 0.5) is 0 Å². The molecule has 0 N–H and O–H groups in total. The molecule has 0 aliphatic carbocycles. The number of methoxy groups -OCH3 is 1. The molecule has 3 nitrogen and oxygen atoms in total. The van der Waals surface area contributed by atoms with Gasteiger partial charge in [-0.05, 0) is 12.1 Å². The van der Waals surface area contributed by atoms with Crippen LogP contribution in [0.15, 0.2) is 35.7 Å². The molecule has 0 aliphatic rings. The molecule has 0 atom stereocenters. The van der Waals surface area contributed by atoms with E-state index in [1.807, 2.05) is 30.6 Å². The average molecular weight is 208 g/mol. The van der Waals surface area contributed by atoms with Gasteiger partial charge in [-0.15, -0.1) is 0 Å². The maximum absolute atomic E-state index is 4.99. The zero-order valence-corrected chi connectivity index (χ0v) is 8.83. The lowest BCUT2D eigenvalue weighted by Crippen LogP contribution is -1.93. The lowest BCUT2D eigenvalue weighted by Gasteiger charge is -1.99. The van der Waals surface area contributed by atoms with Gasteiger partial charge in [0, 0.05) is 19.1 Å². The summed E-state index contributed by atoms with van der Waals surface area (Å²) in [7, 11) is 1.71. The molecule has 0 aliphatic heterocycles. The van der Waals surface area contributed by atoms with Crippen LogP contribution in [0.5, 0.6) is 0 Å². The lowest BCUT2D eigenvalue weighted by molar-refractivity contribution is 0.218. The van der Waals surface area contributed by atoms with Gasteiger partial charge in [0.15, 0.2) is 5.16 Å². The molecule has 2 aromatic heterocycles. The van der Waals surface area contributed by atoms with E-state index in [1.54, 1.807) is 18.9 Å². The van der Waals surface area contributed by atoms with E-state index in [9.17, 15) is 0 Å². The van der Waals surface area contributed by atoms with E-state index in [4.69, 9.17) is 4.74 Å². The van der Waals surface area contributed by atoms with Crippen molar-refractivity contribution < 1.29 is 4.74 Å². The van der Waals surface area contributed by atoms with Crippen molar-refractivity contribution in [3.63, 3.8) is 0 Å². The van der Waals surface area contributed by atoms with Crippen molar-refractivity contribution >= 4 is 17.3 Å². The molecule has 0 aromatic carbocycles. The van der Waals surface area contributed by atoms with Crippen LogP contribution >= 0.6 is 11.8 Å². The van der Waals surface area contributed by atoms with Gasteiger partial charge in [-0.3, -0.25) is 4.40 Å². The molecule has 2 aromatic rings. The average Bonchev–Trinajstić information content (AvgIpc) is 2.63. The third kappa shape index (κ3) is 1.91. The number of nitrogens with zero attached hydrogens (tertiary/aromatic N) is 2. The van der Waals surface area contributed by atoms with Gasteiger partial charge in [-0.25, -0.2) is 4.98 Å². The Balaban J connectivity index is 2.17. The van der Waals surface area contributed by atoms with Gasteiger partial charge in [0.05, 0.1) is 18.3 Å². The van der Waals surface area contributed by atoms with Gasteiger partial charge >= 0.3 is 0 Å². The van der Waals surface area contributed by atoms with E-state index in [2.05, 4.69) is 9.38 Å². The largest absolute Gasteiger partial charge is 0.384 e. The summed E-state index contributed by atoms with van der Waals surface area (Å²) in [5.41, 5.74) is 1.13. The fourth-order valence-corrected chi connectivity index (χ4v) is 2.11. The predicted molar refractivity (Wildman–Crippen MR) is 57.8 cm³/mol. The molecule has 0 spiro atoms. The number of fused-ring (bicyclic) bond motifs is 1. The third-order valence-electron chi connectivity index (χ3n) is 1.92. The predicted octanol–water partition coefficient (Wildman–Crippen LogP) is 2.07. The standard InChI is InChI=1S/C10H12N2OS/c1-13-6-7-14-10-11-8-9-4-2-3-5-12(9)10/h2-5,8H,6-7H2,1H3. The topological polar surface area (TPSA) is 26.5 Å². The van der Waals surface area contributed by atoms with Crippen LogP contribution in [-0.2, 0) is 4.74 Å². The zero-order valence-electron chi connectivity index (χ0n) is 8.01. The van der Waals surface area contributed by atoms with E-state index in [1.165, 1.54) is 0 Å². The smallest absolute Gasteiger partial charge is 0.172 e. The highest BCUT2D eigenvalue weighted by atomic mass is 32.2. The van der Waals surface area contributed by atoms with Crippen molar-refractivity contribution in [3.05, 3.63) is 30.6 Å². The summed E-state index contributed by atoms with van der Waals surface area (Å²) in [6, 6.07) is 6.07. The Hall–Kier alpha value is -1.00. The Morgan fingerprint density at radius 1 is 1.50 bits per heavy atom. The molecule has 0 radical (unpaired) electrons. The highest BCUT2D eigenvalue weighted by Gasteiger charge is 2.01. The van der Waals surface area contributed by atoms with Crippen LogP contribution in [0.3, 0.4) is 0 Å². The minimum Gasteiger partial charge on any atom is -0.384 e. The van der Waals surface area contributed by atoms with Gasteiger partial charge in [0.2, 0.25) is 0 Å². The third-order valence-corrected chi connectivity index (χ3v) is 2.85. The Morgan fingerprint density at radius 2 is 2.43 bits per heavy atom. The summed E-state index contributed by atoms with van der Waals surface area (Å²) in [5, 5.41) is 1.03. The second-order valence-corrected chi connectivity index (χ2v) is 3.94. The molecule has 0 amide bonds. The minimum atomic E-state index is 0.756. The fraction of sp³-hybridized carbons (Fsp3) is 0.300. The van der Waals surface area contributed by atoms with Gasteiger partial charge in [-0.2, -0.15) is 0 Å². The minimum absolute atomic E-state index is 0.756. The fourth-order valence-electron chi connectivity index (χ4n) is 1.24. The molecule has 2 rings (SSSR count). The second kappa shape index (κ2) is 4.48. The van der Waals surface area contributed by atoms with Gasteiger partial charge < -0.3 is 4.74 Å². The molecule has 14 heavy (non-hydrogen) atoms. The van der Waals surface area contributed by atoms with Crippen molar-refractivity contribution in [2.75, 3.05) is 19.5 Å². The van der Waals surface area contributed by atoms with Gasteiger partial charge in [0.1, 0.15) is 0 Å². The van der Waals surface area contributed by atoms with E-state index in [0.717, 1.165) is 23.0 Å². The number of imidazole rings is 1. The molecule has 0 bridgehead atoms. The molecule has 0 saturated carbocycles. The van der Waals surface area contributed by atoms with Crippen molar-refractivity contribution in [1.29, 1.82) is 0 Å². The normalized spacial score (nSPS) is 10.9. The first kappa shape index (κ1) is 9.55. The van der Waals surface area contributed by atoms with Crippen LogP contribution in [0.2, 0.25) is 0 Å². The first-order valence-corrected chi connectivity index (χ1v) is 5.44. The molecule has 0 unspecified atom stereocenters. The van der Waals surface area contributed by atoms with Crippen LogP contribution < -0.4 is 0 Å². The van der Waals surface area contributed by atoms with Crippen LogP contribution in [0.1, 0.15) is 0 Å². The summed E-state index contributed by atoms with van der Waals surface area (Å²) in [6.45, 7) is 0.756. The van der Waals surface area contributed by atoms with E-state index in [0.29, 0.717) is 0 Å². The summed E-state index contributed by atoms with van der Waals surface area (Å²) >= 11 is 1.71. The lowest BCUT2D eigenvalue weighted by atomic mass is 10.4. The Morgan fingerprint density at radius 3 is 3.29 bits per heavy atom. The molecular formula is C10H12N2OS. The number of pyridine rings is 1. The van der Waals surface area contributed by atoms with Crippen LogP contribution in [-0.4, -0.2) is 28.9 Å². The summed E-state index contributed by atoms with van der Waals surface area (Å²) in [5.74, 6) is 0.935. The number of thioether (sulfide) groups is 1. The maximum atomic E-state index is 4.99. The van der Waals surface area contributed by atoms with Crippen molar-refractivity contribution in [1.82, 2.24) is 9.38 Å². The van der Waals surface area contributed by atoms with Crippen molar-refractivity contribution in [2.45, 2.75) is 5.16 Å². The first-order chi connectivity index (χ1) is 6.92. The number of hydrogen-bond donors (Lipinski definition) is 0. The van der Waals surface area contributed by atoms with Crippen molar-refractivity contribution in [2.24, 2.45) is 0 Å². The summed E-state index contributed by atoms with van der Waals surface area (Å²) in [6.07, 6.45) is 3.91. The summed E-state index contributed by atoms with van der Waals surface area (Å²) in [4.78, 5) is 4.34. The molecule has 2 heterocycles. The highest BCUT2D eigenvalue weighted by molar-refractivity contribution is 7.99. The maximum Gasteiger partial charge on any atom is 0.172 e. The Bertz CT molecular complexity index is 413. The molecule has 4 heteroatoms. The first-order valence-electron chi connectivity index (χ1n) is 4.45. The zero-order chi connectivity index (χ0) is 9.80. The van der Waals surface area contributed by atoms with Gasteiger partial charge in [0.25, 0.3) is 0 Å². The number of ether oxygens (including phenoxy) is 1. The Labute approximate surface area is 87.1 Å². The summed E-state index contributed by atoms with van der Waals surface area (Å²) < 4.78 is 7.08. The van der Waals surface area contributed by atoms with Crippen LogP contribution in [0.25, 0.3) is 5.52 Å². The number of rotatable bonds is 4. The van der Waals surface area contributed by atoms with E-state index < -0.39 is 0 Å². The number of aromatic nitrogens is 2. The molecule has 74 valence electrons.